The summed E-state index contributed by atoms with van der Waals surface area (Å²) in [6.45, 7) is 6.12. The van der Waals surface area contributed by atoms with E-state index in [4.69, 9.17) is 10.7 Å². The third-order valence-corrected chi connectivity index (χ3v) is 6.81. The lowest BCUT2D eigenvalue weighted by Gasteiger charge is -2.20. The smallest absolute Gasteiger partial charge is 0.263 e. The Kier molecular flexibility index (Phi) is 4.83. The van der Waals surface area contributed by atoms with Gasteiger partial charge in [0, 0.05) is 10.4 Å². The molecule has 0 saturated heterocycles. The van der Waals surface area contributed by atoms with Gasteiger partial charge in [-0.05, 0) is 50.2 Å². The van der Waals surface area contributed by atoms with Gasteiger partial charge in [-0.25, -0.2) is 4.98 Å². The lowest BCUT2D eigenvalue weighted by atomic mass is 9.89. The SMILES string of the molecule is CCC(C(N)=O)n1c(-c2cccc(C)c2)nc2sc3c(c2c1=O)CCC(C)C3. The van der Waals surface area contributed by atoms with Crippen LogP contribution in [0.2, 0.25) is 0 Å². The lowest BCUT2D eigenvalue weighted by Crippen LogP contribution is -2.35. The van der Waals surface area contributed by atoms with Crippen LogP contribution in [0, 0.1) is 12.8 Å². The number of nitrogens with zero attached hydrogens (tertiary/aromatic N) is 2. The van der Waals surface area contributed by atoms with E-state index in [2.05, 4.69) is 6.92 Å². The highest BCUT2D eigenvalue weighted by atomic mass is 32.1. The summed E-state index contributed by atoms with van der Waals surface area (Å²) in [6, 6.07) is 7.16. The summed E-state index contributed by atoms with van der Waals surface area (Å²) < 4.78 is 1.53. The first-order chi connectivity index (χ1) is 13.4. The van der Waals surface area contributed by atoms with Crippen LogP contribution in [0.5, 0.6) is 0 Å². The molecule has 1 aromatic carbocycles. The van der Waals surface area contributed by atoms with Crippen LogP contribution in [0.25, 0.3) is 21.6 Å². The van der Waals surface area contributed by atoms with Crippen molar-refractivity contribution in [2.24, 2.45) is 11.7 Å². The summed E-state index contributed by atoms with van der Waals surface area (Å²) >= 11 is 1.63. The first-order valence-corrected chi connectivity index (χ1v) is 10.7. The minimum atomic E-state index is -0.710. The molecule has 0 bridgehead atoms. The molecule has 2 aromatic heterocycles. The van der Waals surface area contributed by atoms with Gasteiger partial charge in [0.2, 0.25) is 5.91 Å². The molecular weight excluding hydrogens is 370 g/mol. The van der Waals surface area contributed by atoms with Crippen LogP contribution in [0.4, 0.5) is 0 Å². The van der Waals surface area contributed by atoms with Gasteiger partial charge in [0.15, 0.2) is 0 Å². The molecule has 6 heteroatoms. The highest BCUT2D eigenvalue weighted by Crippen LogP contribution is 2.37. The molecule has 28 heavy (non-hydrogen) atoms. The van der Waals surface area contributed by atoms with Crippen molar-refractivity contribution < 1.29 is 4.79 Å². The highest BCUT2D eigenvalue weighted by molar-refractivity contribution is 7.18. The molecule has 1 aliphatic rings. The number of carbonyl (C=O) groups excluding carboxylic acids is 1. The van der Waals surface area contributed by atoms with Gasteiger partial charge in [-0.3, -0.25) is 14.2 Å². The predicted octanol–water partition coefficient (Wildman–Crippen LogP) is 3.99. The second kappa shape index (κ2) is 7.17. The van der Waals surface area contributed by atoms with Crippen LogP contribution in [0.1, 0.15) is 48.7 Å². The first kappa shape index (κ1) is 18.9. The van der Waals surface area contributed by atoms with E-state index in [-0.39, 0.29) is 5.56 Å². The molecule has 0 aliphatic heterocycles. The number of carbonyl (C=O) groups is 1. The Hall–Kier alpha value is -2.47. The van der Waals surface area contributed by atoms with E-state index in [1.165, 1.54) is 9.44 Å². The normalized spacial score (nSPS) is 17.5. The van der Waals surface area contributed by atoms with Gasteiger partial charge in [0.05, 0.1) is 5.39 Å². The van der Waals surface area contributed by atoms with Gasteiger partial charge in [-0.1, -0.05) is 37.6 Å². The fourth-order valence-electron chi connectivity index (χ4n) is 4.19. The Morgan fingerprint density at radius 1 is 1.43 bits per heavy atom. The Labute approximate surface area is 168 Å². The summed E-state index contributed by atoms with van der Waals surface area (Å²) in [7, 11) is 0. The number of thiophene rings is 1. The summed E-state index contributed by atoms with van der Waals surface area (Å²) in [5.41, 5.74) is 8.57. The van der Waals surface area contributed by atoms with Crippen LogP contribution >= 0.6 is 11.3 Å². The molecule has 0 fully saturated rings. The summed E-state index contributed by atoms with van der Waals surface area (Å²) in [6.07, 6.45) is 3.41. The Morgan fingerprint density at radius 2 is 2.21 bits per heavy atom. The van der Waals surface area contributed by atoms with Crippen molar-refractivity contribution in [3.63, 3.8) is 0 Å². The van der Waals surface area contributed by atoms with Crippen molar-refractivity contribution in [2.75, 3.05) is 0 Å². The van der Waals surface area contributed by atoms with Crippen LogP contribution in [-0.4, -0.2) is 15.5 Å². The fraction of sp³-hybridized carbons (Fsp3) is 0.409. The number of nitrogens with two attached hydrogens (primary N) is 1. The van der Waals surface area contributed by atoms with Gasteiger partial charge in [0.25, 0.3) is 5.56 Å². The number of fused-ring (bicyclic) bond motifs is 3. The molecule has 1 amide bonds. The third kappa shape index (κ3) is 3.05. The highest BCUT2D eigenvalue weighted by Gasteiger charge is 2.28. The zero-order chi connectivity index (χ0) is 20.0. The maximum absolute atomic E-state index is 13.6. The lowest BCUT2D eigenvalue weighted by molar-refractivity contribution is -0.121. The molecule has 0 saturated carbocycles. The molecule has 3 aromatic rings. The van der Waals surface area contributed by atoms with E-state index in [0.29, 0.717) is 23.5 Å². The maximum atomic E-state index is 13.6. The standard InChI is InChI=1S/C22H25N3O2S/c1-4-16(19(23)26)25-20(14-7-5-6-12(2)10-14)24-21-18(22(25)27)15-9-8-13(3)11-17(15)28-21/h5-7,10,13,16H,4,8-9,11H2,1-3H3,(H2,23,26). The first-order valence-electron chi connectivity index (χ1n) is 9.83. The van der Waals surface area contributed by atoms with Crippen molar-refractivity contribution in [1.82, 2.24) is 9.55 Å². The molecule has 2 N–H and O–H groups in total. The van der Waals surface area contributed by atoms with Crippen LogP contribution in [-0.2, 0) is 17.6 Å². The van der Waals surface area contributed by atoms with Crippen molar-refractivity contribution in [3.8, 4) is 11.4 Å². The second-order valence-corrected chi connectivity index (χ2v) is 8.92. The minimum Gasteiger partial charge on any atom is -0.368 e. The largest absolute Gasteiger partial charge is 0.368 e. The number of aryl methyl sites for hydroxylation is 2. The van der Waals surface area contributed by atoms with Crippen LogP contribution in [0.15, 0.2) is 29.1 Å². The van der Waals surface area contributed by atoms with Crippen LogP contribution < -0.4 is 11.3 Å². The Balaban J connectivity index is 2.07. The van der Waals surface area contributed by atoms with Gasteiger partial charge >= 0.3 is 0 Å². The quantitative estimate of drug-likeness (QED) is 0.725. The summed E-state index contributed by atoms with van der Waals surface area (Å²) in [5.74, 6) is 0.643. The van der Waals surface area contributed by atoms with Crippen LogP contribution in [0.3, 0.4) is 0 Å². The fourth-order valence-corrected chi connectivity index (χ4v) is 5.56. The number of hydrogen-bond donors (Lipinski definition) is 1. The van der Waals surface area contributed by atoms with Crippen molar-refractivity contribution in [3.05, 3.63) is 50.6 Å². The number of rotatable bonds is 4. The molecule has 4 rings (SSSR count). The molecular formula is C22H25N3O2S. The average Bonchev–Trinajstić information content (AvgIpc) is 3.01. The van der Waals surface area contributed by atoms with Gasteiger partial charge in [0.1, 0.15) is 16.7 Å². The molecule has 5 nitrogen and oxygen atoms in total. The molecule has 2 atom stereocenters. The Morgan fingerprint density at radius 3 is 2.89 bits per heavy atom. The van der Waals surface area contributed by atoms with E-state index in [0.717, 1.165) is 40.8 Å². The van der Waals surface area contributed by atoms with Gasteiger partial charge < -0.3 is 5.73 Å². The topological polar surface area (TPSA) is 78.0 Å². The molecule has 2 heterocycles. The third-order valence-electron chi connectivity index (χ3n) is 5.66. The minimum absolute atomic E-state index is 0.140. The number of benzene rings is 1. The zero-order valence-electron chi connectivity index (χ0n) is 16.5. The van der Waals surface area contributed by atoms with Crippen molar-refractivity contribution >= 4 is 27.5 Å². The second-order valence-electron chi connectivity index (χ2n) is 7.84. The predicted molar refractivity (Wildman–Crippen MR) is 114 cm³/mol. The van der Waals surface area contributed by atoms with Gasteiger partial charge in [-0.15, -0.1) is 11.3 Å². The van der Waals surface area contributed by atoms with E-state index < -0.39 is 11.9 Å². The number of primary amides is 1. The van der Waals surface area contributed by atoms with Gasteiger partial charge in [-0.2, -0.15) is 0 Å². The molecule has 1 aliphatic carbocycles. The average molecular weight is 396 g/mol. The van der Waals surface area contributed by atoms with E-state index in [1.54, 1.807) is 11.3 Å². The van der Waals surface area contributed by atoms with E-state index in [9.17, 15) is 9.59 Å². The maximum Gasteiger partial charge on any atom is 0.263 e. The van der Waals surface area contributed by atoms with E-state index >= 15 is 0 Å². The zero-order valence-corrected chi connectivity index (χ0v) is 17.3. The number of hydrogen-bond acceptors (Lipinski definition) is 4. The molecule has 0 radical (unpaired) electrons. The van der Waals surface area contributed by atoms with Crippen molar-refractivity contribution in [2.45, 2.75) is 52.5 Å². The monoisotopic (exact) mass is 395 g/mol. The van der Waals surface area contributed by atoms with E-state index in [1.807, 2.05) is 38.1 Å². The molecule has 2 unspecified atom stereocenters. The number of amides is 1. The molecule has 146 valence electrons. The summed E-state index contributed by atoms with van der Waals surface area (Å²) in [4.78, 5) is 32.8. The molecule has 0 spiro atoms. The summed E-state index contributed by atoms with van der Waals surface area (Å²) in [5, 5.41) is 0.683. The Bertz CT molecular complexity index is 1130. The number of aromatic nitrogens is 2. The van der Waals surface area contributed by atoms with Crippen molar-refractivity contribution in [1.29, 1.82) is 0 Å².